The molecule has 1 atom stereocenters. The van der Waals surface area contributed by atoms with Crippen molar-refractivity contribution in [2.45, 2.75) is 20.0 Å². The number of aliphatic hydroxyl groups excluding tert-OH is 1. The maximum absolute atomic E-state index is 10.4. The number of hydrogen-bond acceptors (Lipinski definition) is 5. The van der Waals surface area contributed by atoms with Crippen molar-refractivity contribution in [3.05, 3.63) is 65.5 Å². The molecule has 1 unspecified atom stereocenters. The molecule has 0 fully saturated rings. The lowest BCUT2D eigenvalue weighted by atomic mass is 10.0. The van der Waals surface area contributed by atoms with Crippen molar-refractivity contribution in [2.75, 3.05) is 6.61 Å². The summed E-state index contributed by atoms with van der Waals surface area (Å²) >= 11 is 0. The van der Waals surface area contributed by atoms with Crippen LogP contribution in [0.5, 0.6) is 5.75 Å². The summed E-state index contributed by atoms with van der Waals surface area (Å²) in [6.45, 7) is 4.16. The number of nitrogens with zero attached hydrogens (tertiary/aromatic N) is 2. The standard InChI is InChI=1S/C18H18N2O3/c1-12-6-7-13(2)16(8-12)17(21)10-22-15-5-3-4-14(9-15)18-20-19-11-23-18/h3-9,11,17,21H,10H2,1-2H3. The summed E-state index contributed by atoms with van der Waals surface area (Å²) in [5.74, 6) is 1.08. The molecule has 0 aliphatic rings. The Morgan fingerprint density at radius 2 is 2.04 bits per heavy atom. The smallest absolute Gasteiger partial charge is 0.247 e. The van der Waals surface area contributed by atoms with E-state index < -0.39 is 6.10 Å². The first kappa shape index (κ1) is 15.2. The normalized spacial score (nSPS) is 12.1. The Hall–Kier alpha value is -2.66. The summed E-state index contributed by atoms with van der Waals surface area (Å²) in [5.41, 5.74) is 3.83. The number of ether oxygens (including phenoxy) is 1. The average Bonchev–Trinajstić information content (AvgIpc) is 3.10. The zero-order valence-corrected chi connectivity index (χ0v) is 13.1. The molecule has 1 heterocycles. The van der Waals surface area contributed by atoms with Gasteiger partial charge < -0.3 is 14.3 Å². The molecule has 1 aromatic heterocycles. The highest BCUT2D eigenvalue weighted by molar-refractivity contribution is 5.55. The lowest BCUT2D eigenvalue weighted by Crippen LogP contribution is -2.11. The summed E-state index contributed by atoms with van der Waals surface area (Å²) in [7, 11) is 0. The van der Waals surface area contributed by atoms with Crippen molar-refractivity contribution < 1.29 is 14.3 Å². The predicted molar refractivity (Wildman–Crippen MR) is 86.1 cm³/mol. The van der Waals surface area contributed by atoms with Crippen LogP contribution in [0.15, 0.2) is 53.3 Å². The van der Waals surface area contributed by atoms with Gasteiger partial charge in [-0.15, -0.1) is 10.2 Å². The van der Waals surface area contributed by atoms with Crippen molar-refractivity contribution in [1.82, 2.24) is 10.2 Å². The number of aliphatic hydroxyl groups is 1. The molecule has 5 heteroatoms. The fraction of sp³-hybridized carbons (Fsp3) is 0.222. The Bertz CT molecular complexity index is 785. The Balaban J connectivity index is 1.71. The highest BCUT2D eigenvalue weighted by Gasteiger charge is 2.12. The zero-order chi connectivity index (χ0) is 16.2. The highest BCUT2D eigenvalue weighted by Crippen LogP contribution is 2.24. The average molecular weight is 310 g/mol. The Kier molecular flexibility index (Phi) is 4.39. The van der Waals surface area contributed by atoms with Gasteiger partial charge in [0.15, 0.2) is 0 Å². The summed E-state index contributed by atoms with van der Waals surface area (Å²) in [6.07, 6.45) is 0.606. The SMILES string of the molecule is Cc1ccc(C)c(C(O)COc2cccc(-c3nnco3)c2)c1. The molecule has 0 amide bonds. The van der Waals surface area contributed by atoms with E-state index in [1.54, 1.807) is 0 Å². The topological polar surface area (TPSA) is 68.4 Å². The van der Waals surface area contributed by atoms with Crippen molar-refractivity contribution in [3.63, 3.8) is 0 Å². The van der Waals surface area contributed by atoms with Crippen LogP contribution in [-0.4, -0.2) is 21.9 Å². The molecule has 23 heavy (non-hydrogen) atoms. The van der Waals surface area contributed by atoms with Gasteiger partial charge in [-0.1, -0.05) is 29.8 Å². The second kappa shape index (κ2) is 6.62. The number of aromatic nitrogens is 2. The Morgan fingerprint density at radius 3 is 2.83 bits per heavy atom. The van der Waals surface area contributed by atoms with Gasteiger partial charge in [-0.25, -0.2) is 0 Å². The minimum atomic E-state index is -0.679. The zero-order valence-electron chi connectivity index (χ0n) is 13.1. The van der Waals surface area contributed by atoms with E-state index >= 15 is 0 Å². The summed E-state index contributed by atoms with van der Waals surface area (Å²) in [6, 6.07) is 13.4. The van der Waals surface area contributed by atoms with E-state index in [-0.39, 0.29) is 6.61 Å². The van der Waals surface area contributed by atoms with Crippen LogP contribution in [-0.2, 0) is 0 Å². The molecule has 0 spiro atoms. The van der Waals surface area contributed by atoms with Crippen molar-refractivity contribution >= 4 is 0 Å². The van der Waals surface area contributed by atoms with Crippen molar-refractivity contribution in [3.8, 4) is 17.2 Å². The third-order valence-electron chi connectivity index (χ3n) is 3.64. The van der Waals surface area contributed by atoms with Crippen molar-refractivity contribution in [2.24, 2.45) is 0 Å². The third-order valence-corrected chi connectivity index (χ3v) is 3.64. The number of rotatable bonds is 5. The van der Waals surface area contributed by atoms with Crippen LogP contribution in [0.4, 0.5) is 0 Å². The molecule has 0 bridgehead atoms. The molecule has 3 rings (SSSR count). The first-order valence-corrected chi connectivity index (χ1v) is 7.38. The lowest BCUT2D eigenvalue weighted by Gasteiger charge is -2.15. The lowest BCUT2D eigenvalue weighted by molar-refractivity contribution is 0.107. The second-order valence-corrected chi connectivity index (χ2v) is 5.46. The largest absolute Gasteiger partial charge is 0.491 e. The van der Waals surface area contributed by atoms with Gasteiger partial charge in [0.05, 0.1) is 0 Å². The minimum Gasteiger partial charge on any atom is -0.491 e. The summed E-state index contributed by atoms with van der Waals surface area (Å²) < 4.78 is 10.9. The maximum atomic E-state index is 10.4. The van der Waals surface area contributed by atoms with E-state index in [0.29, 0.717) is 11.6 Å². The van der Waals surface area contributed by atoms with Crippen LogP contribution < -0.4 is 4.74 Å². The molecular weight excluding hydrogens is 292 g/mol. The van der Waals surface area contributed by atoms with E-state index in [1.807, 2.05) is 56.3 Å². The molecule has 1 N–H and O–H groups in total. The molecule has 0 aliphatic carbocycles. The van der Waals surface area contributed by atoms with E-state index in [0.717, 1.165) is 22.3 Å². The predicted octanol–water partition coefficient (Wildman–Crippen LogP) is 3.47. The van der Waals surface area contributed by atoms with Crippen LogP contribution in [0.1, 0.15) is 22.8 Å². The fourth-order valence-electron chi connectivity index (χ4n) is 2.40. The summed E-state index contributed by atoms with van der Waals surface area (Å²) in [4.78, 5) is 0. The molecule has 0 aliphatic heterocycles. The van der Waals surface area contributed by atoms with Gasteiger partial charge in [-0.2, -0.15) is 0 Å². The minimum absolute atomic E-state index is 0.178. The first-order chi connectivity index (χ1) is 11.1. The van der Waals surface area contributed by atoms with Crippen LogP contribution in [0.25, 0.3) is 11.5 Å². The van der Waals surface area contributed by atoms with Crippen LogP contribution in [0, 0.1) is 13.8 Å². The molecule has 0 radical (unpaired) electrons. The Morgan fingerprint density at radius 1 is 1.17 bits per heavy atom. The van der Waals surface area contributed by atoms with E-state index in [4.69, 9.17) is 9.15 Å². The number of hydrogen-bond donors (Lipinski definition) is 1. The quantitative estimate of drug-likeness (QED) is 0.781. The van der Waals surface area contributed by atoms with E-state index in [2.05, 4.69) is 10.2 Å². The molecule has 3 aromatic rings. The van der Waals surface area contributed by atoms with E-state index in [1.165, 1.54) is 6.39 Å². The van der Waals surface area contributed by atoms with Crippen LogP contribution in [0.2, 0.25) is 0 Å². The number of benzene rings is 2. The van der Waals surface area contributed by atoms with Crippen LogP contribution in [0.3, 0.4) is 0 Å². The molecule has 2 aromatic carbocycles. The molecule has 118 valence electrons. The first-order valence-electron chi connectivity index (χ1n) is 7.38. The Labute approximate surface area is 134 Å². The maximum Gasteiger partial charge on any atom is 0.247 e. The monoisotopic (exact) mass is 310 g/mol. The molecule has 0 saturated carbocycles. The highest BCUT2D eigenvalue weighted by atomic mass is 16.5. The van der Waals surface area contributed by atoms with Gasteiger partial charge in [-0.3, -0.25) is 0 Å². The third kappa shape index (κ3) is 3.57. The van der Waals surface area contributed by atoms with Gasteiger partial charge >= 0.3 is 0 Å². The summed E-state index contributed by atoms with van der Waals surface area (Å²) in [5, 5.41) is 17.9. The molecule has 5 nitrogen and oxygen atoms in total. The van der Waals surface area contributed by atoms with Gasteiger partial charge in [0.25, 0.3) is 0 Å². The van der Waals surface area contributed by atoms with Gasteiger partial charge in [0.2, 0.25) is 12.3 Å². The van der Waals surface area contributed by atoms with Crippen LogP contribution >= 0.6 is 0 Å². The van der Waals surface area contributed by atoms with Gasteiger partial charge in [0, 0.05) is 5.56 Å². The van der Waals surface area contributed by atoms with E-state index in [9.17, 15) is 5.11 Å². The number of aryl methyl sites for hydroxylation is 2. The fourth-order valence-corrected chi connectivity index (χ4v) is 2.40. The van der Waals surface area contributed by atoms with Gasteiger partial charge in [0.1, 0.15) is 18.5 Å². The second-order valence-electron chi connectivity index (χ2n) is 5.46. The van der Waals surface area contributed by atoms with Crippen molar-refractivity contribution in [1.29, 1.82) is 0 Å². The van der Waals surface area contributed by atoms with Gasteiger partial charge in [-0.05, 0) is 43.2 Å². The molecule has 0 saturated heterocycles. The molecular formula is C18H18N2O3.